The zero-order chi connectivity index (χ0) is 18.4. The predicted octanol–water partition coefficient (Wildman–Crippen LogP) is 3.41. The average molecular weight is 372 g/mol. The molecule has 1 amide bonds. The molecule has 1 aliphatic heterocycles. The standard InChI is InChI=1S/C20H22ClN3O2/c21-18-7-5-15(6-8-18)14-24-11-9-16(10-12-24)20(26)23-22-13-17-3-1-2-4-19(17)25/h1-8,13,16,25H,9-12,14H2,(H,23,26)/b22-13+. The molecule has 0 spiro atoms. The van der Waals surface area contributed by atoms with Gasteiger partial charge in [0.25, 0.3) is 0 Å². The maximum absolute atomic E-state index is 12.3. The van der Waals surface area contributed by atoms with Crippen molar-refractivity contribution in [3.63, 3.8) is 0 Å². The average Bonchev–Trinajstić information content (AvgIpc) is 2.66. The number of nitrogens with zero attached hydrogens (tertiary/aromatic N) is 2. The quantitative estimate of drug-likeness (QED) is 0.625. The van der Waals surface area contributed by atoms with Crippen LogP contribution < -0.4 is 5.43 Å². The molecule has 3 rings (SSSR count). The van der Waals surface area contributed by atoms with Crippen molar-refractivity contribution in [3.05, 3.63) is 64.7 Å². The number of nitrogens with one attached hydrogen (secondary N) is 1. The Morgan fingerprint density at radius 3 is 2.58 bits per heavy atom. The second-order valence-electron chi connectivity index (χ2n) is 6.47. The van der Waals surface area contributed by atoms with Gasteiger partial charge in [-0.1, -0.05) is 35.9 Å². The second kappa shape index (κ2) is 8.83. The highest BCUT2D eigenvalue weighted by molar-refractivity contribution is 6.30. The number of para-hydroxylation sites is 1. The molecule has 1 aliphatic rings. The highest BCUT2D eigenvalue weighted by atomic mass is 35.5. The Morgan fingerprint density at radius 1 is 1.19 bits per heavy atom. The number of rotatable bonds is 5. The Kier molecular flexibility index (Phi) is 6.26. The number of phenolic OH excluding ortho intramolecular Hbond substituents is 1. The van der Waals surface area contributed by atoms with E-state index in [0.29, 0.717) is 5.56 Å². The van der Waals surface area contributed by atoms with E-state index in [2.05, 4.69) is 15.4 Å². The molecule has 1 fully saturated rings. The van der Waals surface area contributed by atoms with Gasteiger partial charge in [-0.25, -0.2) is 5.43 Å². The number of hydrazone groups is 1. The molecule has 136 valence electrons. The van der Waals surface area contributed by atoms with Gasteiger partial charge in [0.2, 0.25) is 5.91 Å². The van der Waals surface area contributed by atoms with Gasteiger partial charge in [0.1, 0.15) is 5.75 Å². The Balaban J connectivity index is 1.44. The summed E-state index contributed by atoms with van der Waals surface area (Å²) in [7, 11) is 0. The fourth-order valence-corrected chi connectivity index (χ4v) is 3.18. The van der Waals surface area contributed by atoms with Crippen molar-refractivity contribution in [2.45, 2.75) is 19.4 Å². The van der Waals surface area contributed by atoms with Crippen LogP contribution in [-0.4, -0.2) is 35.2 Å². The molecule has 5 nitrogen and oxygen atoms in total. The van der Waals surface area contributed by atoms with Crippen LogP contribution in [0.4, 0.5) is 0 Å². The molecule has 26 heavy (non-hydrogen) atoms. The number of phenols is 1. The van der Waals surface area contributed by atoms with Gasteiger partial charge in [0.15, 0.2) is 0 Å². The lowest BCUT2D eigenvalue weighted by molar-refractivity contribution is -0.126. The normalized spacial score (nSPS) is 16.0. The summed E-state index contributed by atoms with van der Waals surface area (Å²) < 4.78 is 0. The van der Waals surface area contributed by atoms with E-state index in [-0.39, 0.29) is 17.6 Å². The van der Waals surface area contributed by atoms with Crippen molar-refractivity contribution in [2.75, 3.05) is 13.1 Å². The number of halogens is 1. The largest absolute Gasteiger partial charge is 0.507 e. The van der Waals surface area contributed by atoms with Crippen LogP contribution in [0.2, 0.25) is 5.02 Å². The maximum Gasteiger partial charge on any atom is 0.243 e. The smallest absolute Gasteiger partial charge is 0.243 e. The molecular formula is C20H22ClN3O2. The van der Waals surface area contributed by atoms with Crippen LogP contribution in [0.15, 0.2) is 53.6 Å². The fraction of sp³-hybridized carbons (Fsp3) is 0.300. The molecular weight excluding hydrogens is 350 g/mol. The minimum atomic E-state index is -0.0668. The van der Waals surface area contributed by atoms with Crippen molar-refractivity contribution < 1.29 is 9.90 Å². The van der Waals surface area contributed by atoms with Gasteiger partial charge in [0, 0.05) is 23.0 Å². The lowest BCUT2D eigenvalue weighted by atomic mass is 9.96. The van der Waals surface area contributed by atoms with Crippen molar-refractivity contribution in [3.8, 4) is 5.75 Å². The van der Waals surface area contributed by atoms with Gasteiger partial charge in [-0.2, -0.15) is 5.10 Å². The summed E-state index contributed by atoms with van der Waals surface area (Å²) in [6, 6.07) is 14.7. The van der Waals surface area contributed by atoms with E-state index in [1.165, 1.54) is 11.8 Å². The lowest BCUT2D eigenvalue weighted by Crippen LogP contribution is -2.39. The molecule has 0 unspecified atom stereocenters. The molecule has 0 bridgehead atoms. The van der Waals surface area contributed by atoms with Crippen molar-refractivity contribution in [1.82, 2.24) is 10.3 Å². The van der Waals surface area contributed by atoms with Crippen LogP contribution >= 0.6 is 11.6 Å². The molecule has 0 aliphatic carbocycles. The predicted molar refractivity (Wildman–Crippen MR) is 103 cm³/mol. The summed E-state index contributed by atoms with van der Waals surface area (Å²) in [5.41, 5.74) is 4.39. The highest BCUT2D eigenvalue weighted by Gasteiger charge is 2.24. The number of benzene rings is 2. The first-order valence-corrected chi connectivity index (χ1v) is 9.07. The second-order valence-corrected chi connectivity index (χ2v) is 6.91. The first kappa shape index (κ1) is 18.4. The molecule has 1 heterocycles. The minimum Gasteiger partial charge on any atom is -0.507 e. The first-order chi connectivity index (χ1) is 12.6. The topological polar surface area (TPSA) is 64.9 Å². The van der Waals surface area contributed by atoms with E-state index < -0.39 is 0 Å². The number of hydrogen-bond acceptors (Lipinski definition) is 4. The van der Waals surface area contributed by atoms with E-state index in [1.807, 2.05) is 24.3 Å². The third kappa shape index (κ3) is 5.07. The Labute approximate surface area is 158 Å². The molecule has 0 saturated carbocycles. The van der Waals surface area contributed by atoms with Crippen molar-refractivity contribution in [1.29, 1.82) is 0 Å². The Hall–Kier alpha value is -2.37. The summed E-state index contributed by atoms with van der Waals surface area (Å²) >= 11 is 5.91. The van der Waals surface area contributed by atoms with Crippen molar-refractivity contribution >= 4 is 23.7 Å². The van der Waals surface area contributed by atoms with E-state index in [9.17, 15) is 9.90 Å². The number of amides is 1. The SMILES string of the molecule is O=C(N/N=C/c1ccccc1O)C1CCN(Cc2ccc(Cl)cc2)CC1. The lowest BCUT2D eigenvalue weighted by Gasteiger charge is -2.30. The number of hydrogen-bond donors (Lipinski definition) is 2. The summed E-state index contributed by atoms with van der Waals surface area (Å²) in [6.07, 6.45) is 3.08. The first-order valence-electron chi connectivity index (χ1n) is 8.69. The zero-order valence-corrected chi connectivity index (χ0v) is 15.2. The summed E-state index contributed by atoms with van der Waals surface area (Å²) in [5, 5.41) is 14.4. The van der Waals surface area contributed by atoms with Gasteiger partial charge in [-0.05, 0) is 55.8 Å². The van der Waals surface area contributed by atoms with Crippen LogP contribution in [0.1, 0.15) is 24.0 Å². The number of carbonyl (C=O) groups is 1. The van der Waals surface area contributed by atoms with Crippen molar-refractivity contribution in [2.24, 2.45) is 11.0 Å². The third-order valence-corrected chi connectivity index (χ3v) is 4.84. The van der Waals surface area contributed by atoms with E-state index in [4.69, 9.17) is 11.6 Å². The fourth-order valence-electron chi connectivity index (χ4n) is 3.05. The van der Waals surface area contributed by atoms with Gasteiger partial charge in [-0.15, -0.1) is 0 Å². The molecule has 2 aromatic carbocycles. The van der Waals surface area contributed by atoms with Crippen LogP contribution in [0.3, 0.4) is 0 Å². The summed E-state index contributed by atoms with van der Waals surface area (Å²) in [4.78, 5) is 14.6. The van der Waals surface area contributed by atoms with Gasteiger partial charge in [-0.3, -0.25) is 9.69 Å². The van der Waals surface area contributed by atoms with Crippen LogP contribution in [0, 0.1) is 5.92 Å². The zero-order valence-electron chi connectivity index (χ0n) is 14.4. The molecule has 2 N–H and O–H groups in total. The molecule has 2 aromatic rings. The maximum atomic E-state index is 12.3. The van der Waals surface area contributed by atoms with Gasteiger partial charge in [0.05, 0.1) is 6.21 Å². The minimum absolute atomic E-state index is 0.0296. The molecule has 0 atom stereocenters. The monoisotopic (exact) mass is 371 g/mol. The van der Waals surface area contributed by atoms with Crippen LogP contribution in [-0.2, 0) is 11.3 Å². The Bertz CT molecular complexity index is 769. The Morgan fingerprint density at radius 2 is 1.88 bits per heavy atom. The number of likely N-dealkylation sites (tertiary alicyclic amines) is 1. The van der Waals surface area contributed by atoms with Crippen LogP contribution in [0.25, 0.3) is 0 Å². The number of aromatic hydroxyl groups is 1. The highest BCUT2D eigenvalue weighted by Crippen LogP contribution is 2.20. The van der Waals surface area contributed by atoms with Gasteiger partial charge >= 0.3 is 0 Å². The summed E-state index contributed by atoms with van der Waals surface area (Å²) in [5.74, 6) is 0.0433. The molecule has 0 aromatic heterocycles. The third-order valence-electron chi connectivity index (χ3n) is 4.59. The van der Waals surface area contributed by atoms with Crippen LogP contribution in [0.5, 0.6) is 5.75 Å². The number of piperidine rings is 1. The molecule has 0 radical (unpaired) electrons. The number of carbonyl (C=O) groups excluding carboxylic acids is 1. The molecule has 6 heteroatoms. The summed E-state index contributed by atoms with van der Waals surface area (Å²) in [6.45, 7) is 2.63. The molecule has 1 saturated heterocycles. The van der Waals surface area contributed by atoms with E-state index in [0.717, 1.165) is 37.5 Å². The van der Waals surface area contributed by atoms with E-state index >= 15 is 0 Å². The van der Waals surface area contributed by atoms with E-state index in [1.54, 1.807) is 24.3 Å². The van der Waals surface area contributed by atoms with Gasteiger partial charge < -0.3 is 5.11 Å².